The lowest BCUT2D eigenvalue weighted by atomic mass is 10.3. The number of nitrogens with one attached hydrogen (secondary N) is 1. The van der Waals surface area contributed by atoms with E-state index in [-0.39, 0.29) is 0 Å². The Hall–Kier alpha value is -1.52. The van der Waals surface area contributed by atoms with Crippen molar-refractivity contribution in [2.45, 2.75) is 46.6 Å². The second kappa shape index (κ2) is 7.03. The van der Waals surface area contributed by atoms with E-state index in [0.717, 1.165) is 37.6 Å². The molecule has 102 valence electrons. The second-order valence-corrected chi connectivity index (χ2v) is 4.68. The molecule has 0 saturated carbocycles. The third-order valence-corrected chi connectivity index (χ3v) is 2.67. The van der Waals surface area contributed by atoms with E-state index in [9.17, 15) is 0 Å². The van der Waals surface area contributed by atoms with Crippen molar-refractivity contribution in [1.29, 1.82) is 0 Å². The third-order valence-electron chi connectivity index (χ3n) is 2.67. The Labute approximate surface area is 110 Å². The quantitative estimate of drug-likeness (QED) is 0.779. The average Bonchev–Trinajstić information content (AvgIpc) is 2.32. The molecule has 0 spiro atoms. The van der Waals surface area contributed by atoms with Crippen LogP contribution in [0.5, 0.6) is 0 Å². The molecule has 5 nitrogen and oxygen atoms in total. The van der Waals surface area contributed by atoms with Crippen molar-refractivity contribution in [3.8, 4) is 0 Å². The zero-order chi connectivity index (χ0) is 13.5. The molecule has 0 aliphatic heterocycles. The van der Waals surface area contributed by atoms with Crippen LogP contribution in [0, 0.1) is 0 Å². The van der Waals surface area contributed by atoms with Gasteiger partial charge in [0.05, 0.1) is 0 Å². The van der Waals surface area contributed by atoms with E-state index < -0.39 is 0 Å². The van der Waals surface area contributed by atoms with Gasteiger partial charge >= 0.3 is 0 Å². The van der Waals surface area contributed by atoms with Gasteiger partial charge in [-0.2, -0.15) is 9.97 Å². The fourth-order valence-corrected chi connectivity index (χ4v) is 1.82. The smallest absolute Gasteiger partial charge is 0.223 e. The van der Waals surface area contributed by atoms with Crippen molar-refractivity contribution in [2.75, 3.05) is 29.0 Å². The van der Waals surface area contributed by atoms with Crippen LogP contribution in [0.25, 0.3) is 0 Å². The minimum Gasteiger partial charge on any atom is -0.370 e. The van der Waals surface area contributed by atoms with E-state index >= 15 is 0 Å². The molecule has 0 atom stereocenters. The minimum absolute atomic E-state index is 0.327. The molecule has 0 fully saturated rings. The molecule has 0 aliphatic rings. The van der Waals surface area contributed by atoms with E-state index in [2.05, 4.69) is 47.9 Å². The third kappa shape index (κ3) is 4.05. The Bertz CT molecular complexity index is 364. The number of hydrogen-bond acceptors (Lipinski definition) is 5. The second-order valence-electron chi connectivity index (χ2n) is 4.68. The summed E-state index contributed by atoms with van der Waals surface area (Å²) >= 11 is 0. The number of nitrogens with two attached hydrogens (primary N) is 1. The molecule has 1 aromatic heterocycles. The Morgan fingerprint density at radius 1 is 1.28 bits per heavy atom. The summed E-state index contributed by atoms with van der Waals surface area (Å²) < 4.78 is 0. The Balaban J connectivity index is 2.95. The Morgan fingerprint density at radius 3 is 2.56 bits per heavy atom. The van der Waals surface area contributed by atoms with Gasteiger partial charge in [0.25, 0.3) is 0 Å². The fraction of sp³-hybridized carbons (Fsp3) is 0.692. The van der Waals surface area contributed by atoms with Gasteiger partial charge in [0.1, 0.15) is 11.6 Å². The van der Waals surface area contributed by atoms with Crippen molar-refractivity contribution in [2.24, 2.45) is 0 Å². The SMILES string of the molecule is CCCNc1cc(N(CCC)C(C)C)nc(N)n1. The zero-order valence-electron chi connectivity index (χ0n) is 11.9. The first-order valence-electron chi connectivity index (χ1n) is 6.73. The largest absolute Gasteiger partial charge is 0.370 e. The number of nitrogen functional groups attached to an aromatic ring is 1. The summed E-state index contributed by atoms with van der Waals surface area (Å²) in [5.74, 6) is 2.03. The number of aromatic nitrogens is 2. The molecule has 0 radical (unpaired) electrons. The maximum atomic E-state index is 5.78. The molecule has 1 heterocycles. The van der Waals surface area contributed by atoms with E-state index in [1.165, 1.54) is 0 Å². The summed E-state index contributed by atoms with van der Waals surface area (Å²) in [5, 5.41) is 3.25. The van der Waals surface area contributed by atoms with Crippen molar-refractivity contribution in [3.05, 3.63) is 6.07 Å². The van der Waals surface area contributed by atoms with Crippen LogP contribution in [0.15, 0.2) is 6.07 Å². The van der Waals surface area contributed by atoms with Gasteiger partial charge in [-0.3, -0.25) is 0 Å². The molecule has 0 bridgehead atoms. The fourth-order valence-electron chi connectivity index (χ4n) is 1.82. The summed E-state index contributed by atoms with van der Waals surface area (Å²) in [4.78, 5) is 10.8. The first kappa shape index (κ1) is 14.5. The number of anilines is 3. The van der Waals surface area contributed by atoms with Gasteiger partial charge in [-0.25, -0.2) is 0 Å². The highest BCUT2D eigenvalue weighted by Gasteiger charge is 2.13. The molecular weight excluding hydrogens is 226 g/mol. The number of nitrogens with zero attached hydrogens (tertiary/aromatic N) is 3. The molecule has 1 aromatic rings. The molecule has 0 aliphatic carbocycles. The maximum Gasteiger partial charge on any atom is 0.223 e. The van der Waals surface area contributed by atoms with Gasteiger partial charge in [-0.1, -0.05) is 13.8 Å². The standard InChI is InChI=1S/C13H25N5/c1-5-7-15-11-9-12(17-13(14)16-11)18(8-6-2)10(3)4/h9-10H,5-8H2,1-4H3,(H3,14,15,16,17). The van der Waals surface area contributed by atoms with Gasteiger partial charge in [0.2, 0.25) is 5.95 Å². The van der Waals surface area contributed by atoms with Crippen LogP contribution in [0.2, 0.25) is 0 Å². The predicted molar refractivity (Wildman–Crippen MR) is 78.0 cm³/mol. The minimum atomic E-state index is 0.327. The molecule has 0 aromatic carbocycles. The van der Waals surface area contributed by atoms with E-state index in [0.29, 0.717) is 12.0 Å². The van der Waals surface area contributed by atoms with Crippen LogP contribution in [-0.4, -0.2) is 29.1 Å². The van der Waals surface area contributed by atoms with Crippen LogP contribution < -0.4 is 16.0 Å². The Morgan fingerprint density at radius 2 is 2.00 bits per heavy atom. The van der Waals surface area contributed by atoms with Gasteiger partial charge in [0, 0.05) is 25.2 Å². The van der Waals surface area contributed by atoms with Crippen LogP contribution in [-0.2, 0) is 0 Å². The molecule has 0 unspecified atom stereocenters. The van der Waals surface area contributed by atoms with Gasteiger partial charge < -0.3 is 16.0 Å². The zero-order valence-corrected chi connectivity index (χ0v) is 11.9. The van der Waals surface area contributed by atoms with Crippen LogP contribution in [0.1, 0.15) is 40.5 Å². The highest BCUT2D eigenvalue weighted by atomic mass is 15.2. The van der Waals surface area contributed by atoms with Gasteiger partial charge in [-0.05, 0) is 26.7 Å². The number of hydrogen-bond donors (Lipinski definition) is 2. The Kier molecular flexibility index (Phi) is 5.68. The van der Waals surface area contributed by atoms with Crippen molar-refractivity contribution in [3.63, 3.8) is 0 Å². The summed E-state index contributed by atoms with van der Waals surface area (Å²) in [6.07, 6.45) is 2.14. The monoisotopic (exact) mass is 251 g/mol. The molecule has 5 heteroatoms. The van der Waals surface area contributed by atoms with Crippen molar-refractivity contribution in [1.82, 2.24) is 9.97 Å². The molecule has 0 saturated heterocycles. The van der Waals surface area contributed by atoms with Gasteiger partial charge in [-0.15, -0.1) is 0 Å². The van der Waals surface area contributed by atoms with Crippen LogP contribution in [0.3, 0.4) is 0 Å². The summed E-state index contributed by atoms with van der Waals surface area (Å²) in [5.41, 5.74) is 5.78. The predicted octanol–water partition coefficient (Wildman–Crippen LogP) is 2.51. The summed E-state index contributed by atoms with van der Waals surface area (Å²) in [6, 6.07) is 2.38. The van der Waals surface area contributed by atoms with E-state index in [4.69, 9.17) is 5.73 Å². The first-order chi connectivity index (χ1) is 8.58. The number of rotatable bonds is 7. The normalized spacial score (nSPS) is 10.7. The molecule has 18 heavy (non-hydrogen) atoms. The first-order valence-corrected chi connectivity index (χ1v) is 6.73. The topological polar surface area (TPSA) is 67.1 Å². The highest BCUT2D eigenvalue weighted by Crippen LogP contribution is 2.19. The van der Waals surface area contributed by atoms with E-state index in [1.807, 2.05) is 6.07 Å². The summed E-state index contributed by atoms with van der Waals surface area (Å²) in [6.45, 7) is 10.5. The maximum absolute atomic E-state index is 5.78. The molecule has 3 N–H and O–H groups in total. The summed E-state index contributed by atoms with van der Waals surface area (Å²) in [7, 11) is 0. The van der Waals surface area contributed by atoms with Gasteiger partial charge in [0.15, 0.2) is 0 Å². The van der Waals surface area contributed by atoms with Crippen molar-refractivity contribution < 1.29 is 0 Å². The lowest BCUT2D eigenvalue weighted by molar-refractivity contribution is 0.662. The lowest BCUT2D eigenvalue weighted by Gasteiger charge is -2.27. The van der Waals surface area contributed by atoms with E-state index in [1.54, 1.807) is 0 Å². The van der Waals surface area contributed by atoms with Crippen molar-refractivity contribution >= 4 is 17.6 Å². The molecule has 0 amide bonds. The molecular formula is C13H25N5. The average molecular weight is 251 g/mol. The molecule has 1 rings (SSSR count). The van der Waals surface area contributed by atoms with Crippen LogP contribution in [0.4, 0.5) is 17.6 Å². The van der Waals surface area contributed by atoms with Crippen LogP contribution >= 0.6 is 0 Å². The highest BCUT2D eigenvalue weighted by molar-refractivity contribution is 5.53. The lowest BCUT2D eigenvalue weighted by Crippen LogP contribution is -2.32.